The highest BCUT2D eigenvalue weighted by Gasteiger charge is 2.45. The Morgan fingerprint density at radius 3 is 2.76 bits per heavy atom. The Hall–Kier alpha value is -2.68. The molecule has 2 heterocycles. The molecule has 2 aliphatic rings. The highest BCUT2D eigenvalue weighted by molar-refractivity contribution is 9.10. The number of rotatable bonds is 5. The lowest BCUT2D eigenvalue weighted by Crippen LogP contribution is -2.42. The molecule has 0 saturated carbocycles. The minimum atomic E-state index is -0.572. The van der Waals surface area contributed by atoms with Crippen molar-refractivity contribution >= 4 is 55.9 Å². The van der Waals surface area contributed by atoms with Crippen molar-refractivity contribution in [3.05, 3.63) is 57.0 Å². The molecule has 4 N–H and O–H groups in total. The second-order valence-corrected chi connectivity index (χ2v) is 11.6. The van der Waals surface area contributed by atoms with Gasteiger partial charge in [-0.1, -0.05) is 71.1 Å². The van der Waals surface area contributed by atoms with Gasteiger partial charge in [0.15, 0.2) is 10.1 Å². The number of nitriles is 1. The number of anilines is 1. The summed E-state index contributed by atoms with van der Waals surface area (Å²) in [6.07, 6.45) is 0.951. The Morgan fingerprint density at radius 1 is 1.36 bits per heavy atom. The molecule has 4 rings (SSSR count). The number of nitrogens with zero attached hydrogens (tertiary/aromatic N) is 4. The van der Waals surface area contributed by atoms with Crippen LogP contribution in [0, 0.1) is 16.7 Å². The number of nitrogens with two attached hydrogens (primary N) is 2. The molecular weight excluding hydrogens is 524 g/mol. The third kappa shape index (κ3) is 4.43. The number of halogens is 1. The van der Waals surface area contributed by atoms with Crippen LogP contribution in [-0.2, 0) is 9.59 Å². The molecule has 0 spiro atoms. The van der Waals surface area contributed by atoms with Crippen molar-refractivity contribution in [2.24, 2.45) is 16.9 Å². The maximum absolute atomic E-state index is 13.5. The zero-order valence-corrected chi connectivity index (χ0v) is 21.2. The van der Waals surface area contributed by atoms with Crippen LogP contribution >= 0.6 is 39.0 Å². The maximum atomic E-state index is 13.5. The largest absolute Gasteiger partial charge is 0.384 e. The van der Waals surface area contributed by atoms with Gasteiger partial charge in [0, 0.05) is 22.2 Å². The third-order valence-corrected chi connectivity index (χ3v) is 8.31. The second-order valence-electron chi connectivity index (χ2n) is 8.61. The number of carbonyl (C=O) groups is 2. The fourth-order valence-corrected chi connectivity index (χ4v) is 6.36. The number of thioether (sulfide) groups is 1. The van der Waals surface area contributed by atoms with Gasteiger partial charge >= 0.3 is 0 Å². The van der Waals surface area contributed by atoms with Crippen LogP contribution in [0.3, 0.4) is 0 Å². The van der Waals surface area contributed by atoms with Crippen molar-refractivity contribution in [3.63, 3.8) is 0 Å². The Kier molecular flexibility index (Phi) is 6.35. The summed E-state index contributed by atoms with van der Waals surface area (Å²) < 4.78 is 1.35. The molecule has 0 radical (unpaired) electrons. The number of benzene rings is 1. The number of aromatic nitrogens is 2. The van der Waals surface area contributed by atoms with Gasteiger partial charge in [-0.2, -0.15) is 5.26 Å². The summed E-state index contributed by atoms with van der Waals surface area (Å²) in [4.78, 5) is 26.3. The molecule has 0 saturated heterocycles. The van der Waals surface area contributed by atoms with Crippen LogP contribution in [-0.4, -0.2) is 27.6 Å². The normalized spacial score (nSPS) is 20.0. The van der Waals surface area contributed by atoms with Crippen molar-refractivity contribution in [3.8, 4) is 6.07 Å². The van der Waals surface area contributed by atoms with E-state index in [0.29, 0.717) is 27.9 Å². The van der Waals surface area contributed by atoms with Crippen molar-refractivity contribution in [1.29, 1.82) is 5.26 Å². The van der Waals surface area contributed by atoms with Gasteiger partial charge in [0.2, 0.25) is 11.0 Å². The second kappa shape index (κ2) is 8.93. The average Bonchev–Trinajstić information content (AvgIpc) is 3.19. The van der Waals surface area contributed by atoms with E-state index in [4.69, 9.17) is 11.5 Å². The number of Topliss-reactive ketones (excluding diaryl/α,β-unsaturated/α-hetero) is 1. The van der Waals surface area contributed by atoms with Gasteiger partial charge in [-0.25, -0.2) is 0 Å². The van der Waals surface area contributed by atoms with Crippen LogP contribution in [0.25, 0.3) is 0 Å². The predicted molar refractivity (Wildman–Crippen MR) is 131 cm³/mol. The predicted octanol–water partition coefficient (Wildman–Crippen LogP) is 3.82. The minimum absolute atomic E-state index is 0.0138. The summed E-state index contributed by atoms with van der Waals surface area (Å²) in [5.74, 6) is -0.739. The van der Waals surface area contributed by atoms with Crippen molar-refractivity contribution < 1.29 is 9.59 Å². The summed E-state index contributed by atoms with van der Waals surface area (Å²) in [5, 5.41) is 19.0. The molecule has 1 aliphatic carbocycles. The van der Waals surface area contributed by atoms with E-state index in [0.717, 1.165) is 15.7 Å². The summed E-state index contributed by atoms with van der Waals surface area (Å²) in [6, 6.07) is 9.79. The fourth-order valence-electron chi connectivity index (χ4n) is 4.23. The SMILES string of the molecule is CC1(C)CC(=O)C2=C(C1)N(c1nnc(SCC(N)=O)s1)C(N)=C(C#N)C2c1ccccc1Br. The molecule has 0 bridgehead atoms. The average molecular weight is 545 g/mol. The van der Waals surface area contributed by atoms with Crippen molar-refractivity contribution in [2.45, 2.75) is 36.9 Å². The van der Waals surface area contributed by atoms with E-state index in [1.807, 2.05) is 38.1 Å². The topological polar surface area (TPSA) is 139 Å². The first-order valence-corrected chi connectivity index (χ1v) is 12.7. The lowest BCUT2D eigenvalue weighted by atomic mass is 9.69. The first kappa shape index (κ1) is 23.5. The smallest absolute Gasteiger partial charge is 0.227 e. The van der Waals surface area contributed by atoms with Crippen molar-refractivity contribution in [1.82, 2.24) is 10.2 Å². The zero-order valence-electron chi connectivity index (χ0n) is 18.0. The minimum Gasteiger partial charge on any atom is -0.384 e. The maximum Gasteiger partial charge on any atom is 0.227 e. The summed E-state index contributed by atoms with van der Waals surface area (Å²) >= 11 is 6.00. The van der Waals surface area contributed by atoms with Gasteiger partial charge in [-0.05, 0) is 23.5 Å². The van der Waals surface area contributed by atoms with Crippen LogP contribution in [0.1, 0.15) is 38.2 Å². The molecule has 2 aromatic rings. The number of hydrogen-bond acceptors (Lipinski definition) is 9. The van der Waals surface area contributed by atoms with Gasteiger partial charge in [-0.15, -0.1) is 10.2 Å². The Morgan fingerprint density at radius 2 is 2.09 bits per heavy atom. The molecule has 1 atom stereocenters. The molecule has 170 valence electrons. The highest BCUT2D eigenvalue weighted by Crippen LogP contribution is 2.51. The Labute approximate surface area is 207 Å². The number of primary amides is 1. The van der Waals surface area contributed by atoms with Gasteiger partial charge in [0.05, 0.1) is 23.3 Å². The van der Waals surface area contributed by atoms with Gasteiger partial charge in [0.25, 0.3) is 0 Å². The number of carbonyl (C=O) groups excluding carboxylic acids is 2. The first-order valence-electron chi connectivity index (χ1n) is 10.1. The standard InChI is InChI=1S/C22H21BrN6O2S2/c1-22(2)7-14-18(15(30)8-22)17(11-5-3-4-6-13(11)23)12(9-24)19(26)29(14)20-27-28-21(33-20)32-10-16(25)31/h3-6,17H,7-8,10,26H2,1-2H3,(H2,25,31). The fraction of sp³-hybridized carbons (Fsp3) is 0.318. The Balaban J connectivity index is 1.90. The summed E-state index contributed by atoms with van der Waals surface area (Å²) in [6.45, 7) is 4.07. The highest BCUT2D eigenvalue weighted by atomic mass is 79.9. The van der Waals surface area contributed by atoms with Gasteiger partial charge in [-0.3, -0.25) is 14.5 Å². The van der Waals surface area contributed by atoms with Crippen molar-refractivity contribution in [2.75, 3.05) is 10.7 Å². The number of hydrogen-bond donors (Lipinski definition) is 2. The van der Waals surface area contributed by atoms with E-state index in [1.165, 1.54) is 23.1 Å². The van der Waals surface area contributed by atoms with E-state index in [1.54, 1.807) is 4.90 Å². The molecule has 1 aromatic heterocycles. The van der Waals surface area contributed by atoms with E-state index >= 15 is 0 Å². The molecule has 33 heavy (non-hydrogen) atoms. The number of amides is 1. The van der Waals surface area contributed by atoms with Crippen LogP contribution < -0.4 is 16.4 Å². The van der Waals surface area contributed by atoms with Gasteiger partial charge in [0.1, 0.15) is 5.82 Å². The monoisotopic (exact) mass is 544 g/mol. The zero-order chi connectivity index (χ0) is 23.9. The van der Waals surface area contributed by atoms with E-state index < -0.39 is 11.8 Å². The molecule has 1 unspecified atom stereocenters. The quantitative estimate of drug-likeness (QED) is 0.541. The lowest BCUT2D eigenvalue weighted by Gasteiger charge is -2.42. The third-order valence-electron chi connectivity index (χ3n) is 5.52. The molecule has 0 fully saturated rings. The molecule has 1 aliphatic heterocycles. The van der Waals surface area contributed by atoms with Crippen LogP contribution in [0.5, 0.6) is 0 Å². The summed E-state index contributed by atoms with van der Waals surface area (Å²) in [7, 11) is 0. The van der Waals surface area contributed by atoms with E-state index in [-0.39, 0.29) is 28.3 Å². The first-order chi connectivity index (χ1) is 15.6. The molecule has 11 heteroatoms. The molecule has 1 aromatic carbocycles. The van der Waals surface area contributed by atoms with Crippen LogP contribution in [0.2, 0.25) is 0 Å². The molecule has 1 amide bonds. The summed E-state index contributed by atoms with van der Waals surface area (Å²) in [5.41, 5.74) is 13.9. The van der Waals surface area contributed by atoms with E-state index in [9.17, 15) is 14.9 Å². The Bertz CT molecular complexity index is 1260. The molecule has 8 nitrogen and oxygen atoms in total. The lowest BCUT2D eigenvalue weighted by molar-refractivity contribution is -0.118. The van der Waals surface area contributed by atoms with E-state index in [2.05, 4.69) is 32.2 Å². The van der Waals surface area contributed by atoms with Crippen LogP contribution in [0.4, 0.5) is 5.13 Å². The van der Waals surface area contributed by atoms with Gasteiger partial charge < -0.3 is 11.5 Å². The van der Waals surface area contributed by atoms with Crippen LogP contribution in [0.15, 0.2) is 55.7 Å². The number of ketones is 1. The number of allylic oxidation sites excluding steroid dienone is 3. The molecular formula is C22H21BrN6O2S2.